The van der Waals surface area contributed by atoms with Gasteiger partial charge in [0.2, 0.25) is 0 Å². The number of nitrogens with zero attached hydrogens (tertiary/aromatic N) is 1. The van der Waals surface area contributed by atoms with E-state index in [0.29, 0.717) is 11.1 Å². The highest BCUT2D eigenvalue weighted by atomic mass is 16.4. The number of carbonyl (C=O) groups is 1. The Balaban J connectivity index is 2.63. The Morgan fingerprint density at radius 2 is 1.42 bits per heavy atom. The van der Waals surface area contributed by atoms with Gasteiger partial charge in [-0.25, -0.2) is 0 Å². The summed E-state index contributed by atoms with van der Waals surface area (Å²) in [6, 6.07) is 20.3. The fourth-order valence-corrected chi connectivity index (χ4v) is 2.21. The third kappa shape index (κ3) is 2.48. The molecule has 0 radical (unpaired) electrons. The summed E-state index contributed by atoms with van der Waals surface area (Å²) in [7, 11) is 0. The average Bonchev–Trinajstić information content (AvgIpc) is 2.46. The van der Waals surface area contributed by atoms with Crippen molar-refractivity contribution in [2.75, 3.05) is 0 Å². The molecule has 0 bridgehead atoms. The Kier molecular flexibility index (Phi) is 3.63. The van der Waals surface area contributed by atoms with Gasteiger partial charge in [0.1, 0.15) is 5.41 Å². The first-order valence-corrected chi connectivity index (χ1v) is 5.93. The van der Waals surface area contributed by atoms with Gasteiger partial charge >= 0.3 is 5.97 Å². The quantitative estimate of drug-likeness (QED) is 0.908. The molecular formula is C16H13NO2. The van der Waals surface area contributed by atoms with E-state index >= 15 is 0 Å². The monoisotopic (exact) mass is 251 g/mol. The topological polar surface area (TPSA) is 61.1 Å². The molecule has 0 aliphatic heterocycles. The van der Waals surface area contributed by atoms with E-state index in [4.69, 9.17) is 5.11 Å². The van der Waals surface area contributed by atoms with Gasteiger partial charge < -0.3 is 5.11 Å². The zero-order chi connectivity index (χ0) is 13.7. The van der Waals surface area contributed by atoms with Crippen molar-refractivity contribution >= 4 is 5.97 Å². The standard InChI is InChI=1S/C16H13NO2/c17-12-16(11-15(18)19,13-7-3-1-4-8-13)14-9-5-2-6-10-14/h1-10H,11H2,(H,18,19). The fourth-order valence-electron chi connectivity index (χ4n) is 2.21. The van der Waals surface area contributed by atoms with Crippen LogP contribution in [0.25, 0.3) is 0 Å². The Bertz CT molecular complexity index is 560. The number of nitriles is 1. The van der Waals surface area contributed by atoms with Crippen LogP contribution in [0.5, 0.6) is 0 Å². The van der Waals surface area contributed by atoms with E-state index in [-0.39, 0.29) is 6.42 Å². The van der Waals surface area contributed by atoms with Crippen LogP contribution in [-0.2, 0) is 10.2 Å². The van der Waals surface area contributed by atoms with E-state index in [9.17, 15) is 10.1 Å². The first-order valence-electron chi connectivity index (χ1n) is 5.93. The molecule has 0 heterocycles. The molecule has 19 heavy (non-hydrogen) atoms. The lowest BCUT2D eigenvalue weighted by molar-refractivity contribution is -0.137. The van der Waals surface area contributed by atoms with E-state index in [2.05, 4.69) is 6.07 Å². The van der Waals surface area contributed by atoms with Gasteiger partial charge in [0.25, 0.3) is 0 Å². The first kappa shape index (κ1) is 12.8. The predicted octanol–water partition coefficient (Wildman–Crippen LogP) is 2.97. The normalized spacial score (nSPS) is 10.7. The summed E-state index contributed by atoms with van der Waals surface area (Å²) in [6.45, 7) is 0. The van der Waals surface area contributed by atoms with Crippen LogP contribution in [-0.4, -0.2) is 11.1 Å². The maximum Gasteiger partial charge on any atom is 0.305 e. The zero-order valence-corrected chi connectivity index (χ0v) is 10.3. The molecule has 0 aromatic heterocycles. The van der Waals surface area contributed by atoms with Crippen molar-refractivity contribution in [1.29, 1.82) is 5.26 Å². The molecule has 2 aromatic rings. The van der Waals surface area contributed by atoms with E-state index < -0.39 is 11.4 Å². The highest BCUT2D eigenvalue weighted by molar-refractivity contribution is 5.72. The molecular weight excluding hydrogens is 238 g/mol. The predicted molar refractivity (Wildman–Crippen MR) is 71.5 cm³/mol. The molecule has 1 N–H and O–H groups in total. The number of hydrogen-bond acceptors (Lipinski definition) is 2. The lowest BCUT2D eigenvalue weighted by atomic mass is 9.73. The number of rotatable bonds is 4. The summed E-state index contributed by atoms with van der Waals surface area (Å²) in [5.74, 6) is -0.991. The van der Waals surface area contributed by atoms with Gasteiger partial charge in [-0.05, 0) is 11.1 Å². The number of hydrogen-bond donors (Lipinski definition) is 1. The molecule has 0 atom stereocenters. The summed E-state index contributed by atoms with van der Waals surface area (Å²) < 4.78 is 0. The van der Waals surface area contributed by atoms with Crippen molar-refractivity contribution in [1.82, 2.24) is 0 Å². The van der Waals surface area contributed by atoms with Crippen molar-refractivity contribution in [3.63, 3.8) is 0 Å². The van der Waals surface area contributed by atoms with Gasteiger partial charge in [0.15, 0.2) is 0 Å². The minimum atomic E-state index is -1.14. The summed E-state index contributed by atoms with van der Waals surface area (Å²) >= 11 is 0. The molecule has 94 valence electrons. The molecule has 2 aromatic carbocycles. The van der Waals surface area contributed by atoms with Crippen LogP contribution in [0.15, 0.2) is 60.7 Å². The Morgan fingerprint density at radius 1 is 1.00 bits per heavy atom. The van der Waals surface area contributed by atoms with Crippen LogP contribution in [0.2, 0.25) is 0 Å². The van der Waals surface area contributed by atoms with Crippen molar-refractivity contribution in [2.24, 2.45) is 0 Å². The molecule has 0 aliphatic rings. The summed E-state index contributed by atoms with van der Waals surface area (Å²) in [4.78, 5) is 11.2. The van der Waals surface area contributed by atoms with Gasteiger partial charge in [-0.2, -0.15) is 5.26 Å². The van der Waals surface area contributed by atoms with Crippen molar-refractivity contribution in [2.45, 2.75) is 11.8 Å². The highest BCUT2D eigenvalue weighted by Crippen LogP contribution is 2.35. The number of carboxylic acids is 1. The molecule has 0 saturated carbocycles. The van der Waals surface area contributed by atoms with Gasteiger partial charge in [0, 0.05) is 0 Å². The van der Waals surface area contributed by atoms with Crippen molar-refractivity contribution in [3.05, 3.63) is 71.8 Å². The number of carboxylic acid groups (broad SMARTS) is 1. The zero-order valence-electron chi connectivity index (χ0n) is 10.3. The van der Waals surface area contributed by atoms with Gasteiger partial charge in [0.05, 0.1) is 12.5 Å². The average molecular weight is 251 g/mol. The third-order valence-corrected chi connectivity index (χ3v) is 3.14. The first-order chi connectivity index (χ1) is 9.19. The third-order valence-electron chi connectivity index (χ3n) is 3.14. The maximum atomic E-state index is 11.2. The summed E-state index contributed by atoms with van der Waals surface area (Å²) in [5.41, 5.74) is 0.256. The molecule has 0 saturated heterocycles. The van der Waals surface area contributed by atoms with Gasteiger partial charge in [-0.1, -0.05) is 60.7 Å². The van der Waals surface area contributed by atoms with Crippen LogP contribution < -0.4 is 0 Å². The highest BCUT2D eigenvalue weighted by Gasteiger charge is 2.36. The number of aliphatic carboxylic acids is 1. The Hall–Kier alpha value is -2.60. The van der Waals surface area contributed by atoms with E-state index in [1.807, 2.05) is 36.4 Å². The second kappa shape index (κ2) is 5.36. The van der Waals surface area contributed by atoms with Gasteiger partial charge in [-0.15, -0.1) is 0 Å². The lowest BCUT2D eigenvalue weighted by Gasteiger charge is -2.26. The second-order valence-corrected chi connectivity index (χ2v) is 4.32. The van der Waals surface area contributed by atoms with Crippen molar-refractivity contribution < 1.29 is 9.90 Å². The molecule has 0 spiro atoms. The smallest absolute Gasteiger partial charge is 0.305 e. The van der Waals surface area contributed by atoms with Crippen LogP contribution >= 0.6 is 0 Å². The Morgan fingerprint density at radius 3 is 1.74 bits per heavy atom. The molecule has 2 rings (SSSR count). The molecule has 0 fully saturated rings. The molecule has 3 nitrogen and oxygen atoms in total. The molecule has 3 heteroatoms. The van der Waals surface area contributed by atoms with Crippen molar-refractivity contribution in [3.8, 4) is 6.07 Å². The molecule has 0 unspecified atom stereocenters. The van der Waals surface area contributed by atoms with Crippen LogP contribution in [0.3, 0.4) is 0 Å². The van der Waals surface area contributed by atoms with Crippen LogP contribution in [0.1, 0.15) is 17.5 Å². The lowest BCUT2D eigenvalue weighted by Crippen LogP contribution is -2.29. The Labute approximate surface area is 111 Å². The molecule has 0 aliphatic carbocycles. The van der Waals surface area contributed by atoms with E-state index in [1.165, 1.54) is 0 Å². The SMILES string of the molecule is N#CC(CC(=O)O)(c1ccccc1)c1ccccc1. The largest absolute Gasteiger partial charge is 0.481 e. The minimum Gasteiger partial charge on any atom is -0.481 e. The molecule has 0 amide bonds. The van der Waals surface area contributed by atoms with Crippen LogP contribution in [0, 0.1) is 11.3 Å². The maximum absolute atomic E-state index is 11.2. The van der Waals surface area contributed by atoms with E-state index in [1.54, 1.807) is 24.3 Å². The second-order valence-electron chi connectivity index (χ2n) is 4.32. The van der Waals surface area contributed by atoms with E-state index in [0.717, 1.165) is 0 Å². The van der Waals surface area contributed by atoms with Gasteiger partial charge in [-0.3, -0.25) is 4.79 Å². The van der Waals surface area contributed by atoms with Crippen LogP contribution in [0.4, 0.5) is 0 Å². The minimum absolute atomic E-state index is 0.252. The number of benzene rings is 2. The summed E-state index contributed by atoms with van der Waals surface area (Å²) in [6.07, 6.45) is -0.252. The fraction of sp³-hybridized carbons (Fsp3) is 0.125. The summed E-state index contributed by atoms with van der Waals surface area (Å²) in [5, 5.41) is 18.8.